The Kier molecular flexibility index (Phi) is 4.69. The van der Waals surface area contributed by atoms with E-state index in [1.165, 1.54) is 7.11 Å². The summed E-state index contributed by atoms with van der Waals surface area (Å²) in [5.74, 6) is 0.375. The van der Waals surface area contributed by atoms with Crippen molar-refractivity contribution in [2.75, 3.05) is 12.9 Å². The van der Waals surface area contributed by atoms with Gasteiger partial charge in [-0.1, -0.05) is 42.0 Å². The van der Waals surface area contributed by atoms with Crippen molar-refractivity contribution in [2.24, 2.45) is 0 Å². The fourth-order valence-electron chi connectivity index (χ4n) is 1.83. The summed E-state index contributed by atoms with van der Waals surface area (Å²) in [5, 5.41) is 0. The number of hydrogen-bond acceptors (Lipinski definition) is 3. The Morgan fingerprint density at radius 3 is 2.40 bits per heavy atom. The second-order valence-electron chi connectivity index (χ2n) is 4.43. The minimum absolute atomic E-state index is 0.0383. The quantitative estimate of drug-likeness (QED) is 0.794. The molecule has 0 aromatic heterocycles. The summed E-state index contributed by atoms with van der Waals surface area (Å²) in [7, 11) is 0.120. The van der Waals surface area contributed by atoms with Gasteiger partial charge in [-0.25, -0.2) is 0 Å². The average Bonchev–Trinajstić information content (AvgIpc) is 2.47. The molecule has 1 unspecified atom stereocenters. The SMILES string of the molecule is COc1ccccc1S(=O)CC(=O)c1ccc(C)cc1. The zero-order chi connectivity index (χ0) is 14.5. The van der Waals surface area contributed by atoms with Crippen LogP contribution in [0.1, 0.15) is 15.9 Å². The fraction of sp³-hybridized carbons (Fsp3) is 0.188. The summed E-state index contributed by atoms with van der Waals surface area (Å²) in [5.41, 5.74) is 1.67. The van der Waals surface area contributed by atoms with Gasteiger partial charge in [0.15, 0.2) is 5.78 Å². The van der Waals surface area contributed by atoms with E-state index in [1.807, 2.05) is 19.1 Å². The topological polar surface area (TPSA) is 43.4 Å². The number of ether oxygens (including phenoxy) is 1. The molecule has 0 heterocycles. The number of Topliss-reactive ketones (excluding diaryl/α,β-unsaturated/α-hetero) is 1. The van der Waals surface area contributed by atoms with Crippen molar-refractivity contribution in [3.05, 3.63) is 59.7 Å². The van der Waals surface area contributed by atoms with Gasteiger partial charge in [-0.05, 0) is 19.1 Å². The lowest BCUT2D eigenvalue weighted by Gasteiger charge is -2.07. The summed E-state index contributed by atoms with van der Waals surface area (Å²) in [4.78, 5) is 12.7. The van der Waals surface area contributed by atoms with Crippen molar-refractivity contribution in [1.82, 2.24) is 0 Å². The minimum Gasteiger partial charge on any atom is -0.495 e. The lowest BCUT2D eigenvalue weighted by Crippen LogP contribution is -2.11. The fourth-order valence-corrected chi connectivity index (χ4v) is 2.99. The van der Waals surface area contributed by atoms with Crippen LogP contribution in [0.2, 0.25) is 0 Å². The van der Waals surface area contributed by atoms with E-state index in [9.17, 15) is 9.00 Å². The predicted octanol–water partition coefficient (Wildman–Crippen LogP) is 2.99. The highest BCUT2D eigenvalue weighted by molar-refractivity contribution is 7.86. The number of rotatable bonds is 5. The second kappa shape index (κ2) is 6.48. The molecule has 104 valence electrons. The van der Waals surface area contributed by atoms with Gasteiger partial charge in [0.1, 0.15) is 5.75 Å². The molecule has 3 nitrogen and oxygen atoms in total. The van der Waals surface area contributed by atoms with Gasteiger partial charge in [0.05, 0.1) is 28.6 Å². The third-order valence-corrected chi connectivity index (χ3v) is 4.30. The highest BCUT2D eigenvalue weighted by Gasteiger charge is 2.15. The van der Waals surface area contributed by atoms with Crippen LogP contribution in [0, 0.1) is 6.92 Å². The van der Waals surface area contributed by atoms with E-state index in [0.29, 0.717) is 16.2 Å². The Morgan fingerprint density at radius 1 is 1.10 bits per heavy atom. The third-order valence-electron chi connectivity index (χ3n) is 2.95. The third kappa shape index (κ3) is 3.33. The summed E-state index contributed by atoms with van der Waals surface area (Å²) in [6.45, 7) is 1.96. The number of aryl methyl sites for hydroxylation is 1. The maximum atomic E-state index is 12.3. The molecule has 0 aliphatic rings. The maximum Gasteiger partial charge on any atom is 0.175 e. The number of carbonyl (C=O) groups is 1. The van der Waals surface area contributed by atoms with Crippen molar-refractivity contribution >= 4 is 16.6 Å². The number of para-hydroxylation sites is 1. The lowest BCUT2D eigenvalue weighted by molar-refractivity contribution is 0.102. The summed E-state index contributed by atoms with van der Waals surface area (Å²) >= 11 is 0. The van der Waals surface area contributed by atoms with Crippen LogP contribution < -0.4 is 4.74 Å². The van der Waals surface area contributed by atoms with Gasteiger partial charge in [0, 0.05) is 5.56 Å². The average molecular weight is 288 g/mol. The van der Waals surface area contributed by atoms with Crippen molar-refractivity contribution in [3.63, 3.8) is 0 Å². The van der Waals surface area contributed by atoms with Crippen LogP contribution in [0.25, 0.3) is 0 Å². The molecule has 4 heteroatoms. The van der Waals surface area contributed by atoms with Crippen LogP contribution >= 0.6 is 0 Å². The predicted molar refractivity (Wildman–Crippen MR) is 79.8 cm³/mol. The second-order valence-corrected chi connectivity index (χ2v) is 5.85. The van der Waals surface area contributed by atoms with Crippen LogP contribution in [-0.2, 0) is 10.8 Å². The largest absolute Gasteiger partial charge is 0.495 e. The normalized spacial score (nSPS) is 11.9. The first-order valence-corrected chi connectivity index (χ1v) is 7.55. The van der Waals surface area contributed by atoms with Gasteiger partial charge in [-0.2, -0.15) is 0 Å². The summed E-state index contributed by atoms with van der Waals surface area (Å²) in [6.07, 6.45) is 0. The van der Waals surface area contributed by atoms with E-state index >= 15 is 0 Å². The van der Waals surface area contributed by atoms with Gasteiger partial charge in [-0.15, -0.1) is 0 Å². The zero-order valence-electron chi connectivity index (χ0n) is 11.5. The molecule has 0 fully saturated rings. The highest BCUT2D eigenvalue weighted by Crippen LogP contribution is 2.21. The van der Waals surface area contributed by atoms with E-state index in [2.05, 4.69) is 0 Å². The van der Waals surface area contributed by atoms with E-state index in [0.717, 1.165) is 5.56 Å². The molecule has 2 aromatic carbocycles. The maximum absolute atomic E-state index is 12.3. The van der Waals surface area contributed by atoms with Crippen LogP contribution in [0.15, 0.2) is 53.4 Å². The molecular formula is C16H16O3S. The van der Waals surface area contributed by atoms with Crippen LogP contribution in [0.4, 0.5) is 0 Å². The number of carbonyl (C=O) groups excluding carboxylic acids is 1. The molecule has 0 aliphatic carbocycles. The molecule has 0 aliphatic heterocycles. The number of ketones is 1. The van der Waals surface area contributed by atoms with Gasteiger partial charge in [-0.3, -0.25) is 9.00 Å². The van der Waals surface area contributed by atoms with Crippen LogP contribution in [-0.4, -0.2) is 22.9 Å². The van der Waals surface area contributed by atoms with E-state index in [4.69, 9.17) is 4.74 Å². The van der Waals surface area contributed by atoms with Crippen molar-refractivity contribution in [2.45, 2.75) is 11.8 Å². The first-order valence-electron chi connectivity index (χ1n) is 6.23. The van der Waals surface area contributed by atoms with Crippen molar-refractivity contribution < 1.29 is 13.7 Å². The summed E-state index contributed by atoms with van der Waals surface area (Å²) < 4.78 is 17.5. The Labute approximate surface area is 121 Å². The highest BCUT2D eigenvalue weighted by atomic mass is 32.2. The Morgan fingerprint density at radius 2 is 1.75 bits per heavy atom. The molecule has 0 spiro atoms. The van der Waals surface area contributed by atoms with E-state index < -0.39 is 10.8 Å². The molecule has 20 heavy (non-hydrogen) atoms. The molecule has 0 saturated heterocycles. The van der Waals surface area contributed by atoms with Gasteiger partial charge >= 0.3 is 0 Å². The Bertz CT molecular complexity index is 632. The van der Waals surface area contributed by atoms with Gasteiger partial charge in [0.2, 0.25) is 0 Å². The van der Waals surface area contributed by atoms with Gasteiger partial charge < -0.3 is 4.74 Å². The molecule has 2 aromatic rings. The first kappa shape index (κ1) is 14.5. The van der Waals surface area contributed by atoms with Gasteiger partial charge in [0.25, 0.3) is 0 Å². The monoisotopic (exact) mass is 288 g/mol. The summed E-state index contributed by atoms with van der Waals surface area (Å²) in [6, 6.07) is 14.3. The van der Waals surface area contributed by atoms with Crippen LogP contribution in [0.3, 0.4) is 0 Å². The van der Waals surface area contributed by atoms with E-state index in [1.54, 1.807) is 36.4 Å². The van der Waals surface area contributed by atoms with Crippen molar-refractivity contribution in [1.29, 1.82) is 0 Å². The molecule has 0 N–H and O–H groups in total. The standard InChI is InChI=1S/C16H16O3S/c1-12-7-9-13(10-8-12)14(17)11-20(18)16-6-4-3-5-15(16)19-2/h3-10H,11H2,1-2H3. The molecule has 0 saturated carbocycles. The minimum atomic E-state index is -1.41. The molecule has 1 atom stereocenters. The number of benzene rings is 2. The number of hydrogen-bond donors (Lipinski definition) is 0. The van der Waals surface area contributed by atoms with Crippen LogP contribution in [0.5, 0.6) is 5.75 Å². The Balaban J connectivity index is 2.15. The first-order chi connectivity index (χ1) is 9.61. The molecule has 2 rings (SSSR count). The molecule has 0 radical (unpaired) electrons. The zero-order valence-corrected chi connectivity index (χ0v) is 12.3. The smallest absolute Gasteiger partial charge is 0.175 e. The molecule has 0 bridgehead atoms. The lowest BCUT2D eigenvalue weighted by atomic mass is 10.1. The molecule has 0 amide bonds. The van der Waals surface area contributed by atoms with Crippen molar-refractivity contribution in [3.8, 4) is 5.75 Å². The molecular weight excluding hydrogens is 272 g/mol. The Hall–Kier alpha value is -1.94. The van der Waals surface area contributed by atoms with E-state index in [-0.39, 0.29) is 11.5 Å². The number of methoxy groups -OCH3 is 1.